The van der Waals surface area contributed by atoms with Gasteiger partial charge in [0.15, 0.2) is 0 Å². The summed E-state index contributed by atoms with van der Waals surface area (Å²) in [5.74, 6) is -1.57. The van der Waals surface area contributed by atoms with Crippen LogP contribution in [0, 0.1) is 5.82 Å². The predicted octanol–water partition coefficient (Wildman–Crippen LogP) is 3.11. The number of carbonyl (C=O) groups is 3. The lowest BCUT2D eigenvalue weighted by atomic mass is 10.1. The van der Waals surface area contributed by atoms with Crippen molar-refractivity contribution in [2.75, 3.05) is 18.9 Å². The molecule has 0 aromatic heterocycles. The molecule has 2 aromatic carbocycles. The maximum absolute atomic E-state index is 13.6. The Kier molecular flexibility index (Phi) is 6.62. The Morgan fingerprint density at radius 3 is 2.34 bits per heavy atom. The number of hydrogen-bond acceptors (Lipinski definition) is 4. The number of nitrogens with zero attached hydrogens (tertiary/aromatic N) is 1. The zero-order valence-electron chi connectivity index (χ0n) is 18.6. The van der Waals surface area contributed by atoms with Gasteiger partial charge in [0.25, 0.3) is 11.8 Å². The molecule has 1 heterocycles. The Bertz CT molecular complexity index is 1070. The monoisotopic (exact) mass is 438 g/mol. The van der Waals surface area contributed by atoms with Crippen molar-refractivity contribution in [3.05, 3.63) is 71.2 Å². The van der Waals surface area contributed by atoms with Crippen molar-refractivity contribution >= 4 is 29.1 Å². The first-order valence-electron chi connectivity index (χ1n) is 10.3. The first-order chi connectivity index (χ1) is 15.1. The summed E-state index contributed by atoms with van der Waals surface area (Å²) in [7, 11) is 1.51. The third-order valence-corrected chi connectivity index (χ3v) is 4.85. The van der Waals surface area contributed by atoms with Crippen LogP contribution in [-0.2, 0) is 9.59 Å². The van der Waals surface area contributed by atoms with Crippen molar-refractivity contribution in [1.29, 1.82) is 0 Å². The summed E-state index contributed by atoms with van der Waals surface area (Å²) in [5.41, 5.74) is 1.24. The second-order valence-electron chi connectivity index (χ2n) is 8.49. The smallest absolute Gasteiger partial charge is 0.270 e. The molecule has 1 aliphatic heterocycles. The van der Waals surface area contributed by atoms with Crippen LogP contribution in [-0.4, -0.2) is 41.8 Å². The summed E-state index contributed by atoms with van der Waals surface area (Å²) >= 11 is 0. The van der Waals surface area contributed by atoms with Gasteiger partial charge >= 0.3 is 0 Å². The number of anilines is 1. The van der Waals surface area contributed by atoms with Gasteiger partial charge in [-0.2, -0.15) is 0 Å². The number of carbonyl (C=O) groups excluding carboxylic acids is 3. The molecule has 0 fully saturated rings. The molecule has 0 bridgehead atoms. The molecule has 3 rings (SSSR count). The van der Waals surface area contributed by atoms with E-state index in [4.69, 9.17) is 0 Å². The first kappa shape index (κ1) is 23.0. The van der Waals surface area contributed by atoms with E-state index in [0.29, 0.717) is 22.5 Å². The van der Waals surface area contributed by atoms with Crippen LogP contribution in [0.5, 0.6) is 0 Å². The minimum atomic E-state index is -0.577. The minimum Gasteiger partial charge on any atom is -0.359 e. The van der Waals surface area contributed by atoms with E-state index < -0.39 is 23.2 Å². The topological polar surface area (TPSA) is 90.5 Å². The second kappa shape index (κ2) is 9.21. The number of halogens is 1. The number of benzene rings is 2. The van der Waals surface area contributed by atoms with Crippen molar-refractivity contribution in [2.24, 2.45) is 0 Å². The summed E-state index contributed by atoms with van der Waals surface area (Å²) in [4.78, 5) is 40.3. The Balaban J connectivity index is 2.23. The fourth-order valence-electron chi connectivity index (χ4n) is 3.37. The molecule has 168 valence electrons. The van der Waals surface area contributed by atoms with Crippen LogP contribution in [0.4, 0.5) is 10.1 Å². The quantitative estimate of drug-likeness (QED) is 0.669. The summed E-state index contributed by atoms with van der Waals surface area (Å²) in [6.07, 6.45) is 0.00734. The molecule has 8 heteroatoms. The summed E-state index contributed by atoms with van der Waals surface area (Å²) in [6, 6.07) is 12.6. The maximum atomic E-state index is 13.6. The third kappa shape index (κ3) is 5.14. The molecular formula is C24H27FN4O3. The molecule has 0 saturated heterocycles. The van der Waals surface area contributed by atoms with E-state index in [2.05, 4.69) is 16.0 Å². The number of hydrogen-bond donors (Lipinski definition) is 3. The van der Waals surface area contributed by atoms with Gasteiger partial charge in [-0.3, -0.25) is 14.4 Å². The molecule has 2 aromatic rings. The molecule has 0 radical (unpaired) electrons. The molecule has 3 N–H and O–H groups in total. The molecular weight excluding hydrogens is 411 g/mol. The van der Waals surface area contributed by atoms with Gasteiger partial charge in [0.1, 0.15) is 11.5 Å². The minimum absolute atomic E-state index is 0.00734. The highest BCUT2D eigenvalue weighted by atomic mass is 19.1. The Labute approximate surface area is 186 Å². The highest BCUT2D eigenvalue weighted by Crippen LogP contribution is 2.32. The molecule has 0 atom stereocenters. The lowest BCUT2D eigenvalue weighted by Crippen LogP contribution is -2.46. The Morgan fingerprint density at radius 2 is 1.72 bits per heavy atom. The number of para-hydroxylation sites is 1. The molecule has 7 nitrogen and oxygen atoms in total. The van der Waals surface area contributed by atoms with Gasteiger partial charge in [0, 0.05) is 31.1 Å². The fraction of sp³-hybridized carbons (Fsp3) is 0.292. The van der Waals surface area contributed by atoms with Gasteiger partial charge in [-0.05, 0) is 57.2 Å². The van der Waals surface area contributed by atoms with Crippen LogP contribution < -0.4 is 16.0 Å². The normalized spacial score (nSPS) is 13.8. The summed E-state index contributed by atoms with van der Waals surface area (Å²) < 4.78 is 13.6. The average molecular weight is 439 g/mol. The fourth-order valence-corrected chi connectivity index (χ4v) is 3.37. The van der Waals surface area contributed by atoms with Crippen LogP contribution in [0.1, 0.15) is 43.1 Å². The lowest BCUT2D eigenvalue weighted by molar-refractivity contribution is -0.122. The Hall–Kier alpha value is -3.68. The highest BCUT2D eigenvalue weighted by Gasteiger charge is 2.34. The van der Waals surface area contributed by atoms with E-state index in [1.54, 1.807) is 24.3 Å². The van der Waals surface area contributed by atoms with Crippen LogP contribution >= 0.6 is 0 Å². The van der Waals surface area contributed by atoms with E-state index in [0.717, 1.165) is 0 Å². The van der Waals surface area contributed by atoms with Gasteiger partial charge in [-0.25, -0.2) is 4.39 Å². The molecule has 32 heavy (non-hydrogen) atoms. The number of nitrogens with one attached hydrogen (secondary N) is 3. The van der Waals surface area contributed by atoms with Gasteiger partial charge < -0.3 is 20.9 Å². The van der Waals surface area contributed by atoms with Crippen LogP contribution in [0.2, 0.25) is 0 Å². The largest absolute Gasteiger partial charge is 0.359 e. The SMILES string of the molecule is CNC(=O)CCN1C(=O)c2ccccc2NC(c2ccc(F)cc2)=C1C(=O)NC(C)(C)C. The Morgan fingerprint density at radius 1 is 1.06 bits per heavy atom. The van der Waals surface area contributed by atoms with E-state index in [-0.39, 0.29) is 24.6 Å². The molecule has 0 aliphatic carbocycles. The van der Waals surface area contributed by atoms with Crippen molar-refractivity contribution in [3.8, 4) is 0 Å². The van der Waals surface area contributed by atoms with E-state index in [9.17, 15) is 18.8 Å². The lowest BCUT2D eigenvalue weighted by Gasteiger charge is -2.28. The molecule has 1 aliphatic rings. The second-order valence-corrected chi connectivity index (χ2v) is 8.49. The molecule has 0 spiro atoms. The van der Waals surface area contributed by atoms with Gasteiger partial charge in [-0.1, -0.05) is 12.1 Å². The summed E-state index contributed by atoms with van der Waals surface area (Å²) in [5, 5.41) is 8.64. The standard InChI is InChI=1S/C24H27FN4O3/c1-24(2,3)28-22(31)21-20(15-9-11-16(25)12-10-15)27-18-8-6-5-7-17(18)23(32)29(21)14-13-19(30)26-4/h5-12,27H,13-14H2,1-4H3,(H,26,30)(H,28,31). The molecule has 0 saturated carbocycles. The number of fused-ring (bicyclic) bond motifs is 1. The zero-order valence-corrected chi connectivity index (χ0v) is 18.6. The van der Waals surface area contributed by atoms with Gasteiger partial charge in [0.2, 0.25) is 5.91 Å². The number of rotatable bonds is 5. The average Bonchev–Trinajstić information content (AvgIpc) is 2.86. The molecule has 0 unspecified atom stereocenters. The van der Waals surface area contributed by atoms with E-state index >= 15 is 0 Å². The maximum Gasteiger partial charge on any atom is 0.270 e. The summed E-state index contributed by atoms with van der Waals surface area (Å²) in [6.45, 7) is 5.49. The van der Waals surface area contributed by atoms with Crippen molar-refractivity contribution < 1.29 is 18.8 Å². The van der Waals surface area contributed by atoms with E-state index in [1.165, 1.54) is 36.2 Å². The predicted molar refractivity (Wildman–Crippen MR) is 121 cm³/mol. The van der Waals surface area contributed by atoms with Crippen LogP contribution in [0.3, 0.4) is 0 Å². The van der Waals surface area contributed by atoms with Crippen molar-refractivity contribution in [3.63, 3.8) is 0 Å². The van der Waals surface area contributed by atoms with Gasteiger partial charge in [0.05, 0.1) is 16.9 Å². The van der Waals surface area contributed by atoms with Crippen molar-refractivity contribution in [1.82, 2.24) is 15.5 Å². The first-order valence-corrected chi connectivity index (χ1v) is 10.3. The van der Waals surface area contributed by atoms with E-state index in [1.807, 2.05) is 20.8 Å². The number of amides is 3. The zero-order chi connectivity index (χ0) is 23.5. The van der Waals surface area contributed by atoms with Crippen LogP contribution in [0.15, 0.2) is 54.2 Å². The molecule has 3 amide bonds. The van der Waals surface area contributed by atoms with Crippen molar-refractivity contribution in [2.45, 2.75) is 32.7 Å². The van der Waals surface area contributed by atoms with Crippen LogP contribution in [0.25, 0.3) is 5.70 Å². The highest BCUT2D eigenvalue weighted by molar-refractivity contribution is 6.13. The van der Waals surface area contributed by atoms with Gasteiger partial charge in [-0.15, -0.1) is 0 Å². The third-order valence-electron chi connectivity index (χ3n) is 4.85.